The fourth-order valence-corrected chi connectivity index (χ4v) is 3.14. The Kier molecular flexibility index (Phi) is 3.33. The molecule has 3 heterocycles. The van der Waals surface area contributed by atoms with Gasteiger partial charge < -0.3 is 0 Å². The Morgan fingerprint density at radius 2 is 2.14 bits per heavy atom. The normalized spacial score (nSPS) is 19.3. The first-order valence-electron chi connectivity index (χ1n) is 7.98. The Bertz CT molecular complexity index is 724. The van der Waals surface area contributed by atoms with E-state index in [9.17, 15) is 4.79 Å². The Labute approximate surface area is 129 Å². The van der Waals surface area contributed by atoms with Crippen molar-refractivity contribution in [2.45, 2.75) is 38.8 Å². The number of hydrogen-bond donors (Lipinski definition) is 1. The summed E-state index contributed by atoms with van der Waals surface area (Å²) < 4.78 is 1.66. The second-order valence-electron chi connectivity index (χ2n) is 6.66. The average Bonchev–Trinajstić information content (AvgIpc) is 3.22. The van der Waals surface area contributed by atoms with E-state index < -0.39 is 0 Å². The standard InChI is InChI=1S/C16H21N5O/c1-11-6-14(18-17-11)10-20-7-12(8-20)9-21-16(22)5-4-15(19-21)13-2-3-13/h4-6,12-13H,2-3,7-10H2,1H3,(H,17,18). The van der Waals surface area contributed by atoms with Crippen LogP contribution in [0.1, 0.15) is 35.8 Å². The summed E-state index contributed by atoms with van der Waals surface area (Å²) in [5.41, 5.74) is 3.29. The van der Waals surface area contributed by atoms with Crippen LogP contribution in [0.5, 0.6) is 0 Å². The zero-order valence-electron chi connectivity index (χ0n) is 12.8. The van der Waals surface area contributed by atoms with E-state index in [4.69, 9.17) is 0 Å². The van der Waals surface area contributed by atoms with Crippen LogP contribution in [0.4, 0.5) is 0 Å². The molecule has 0 bridgehead atoms. The lowest BCUT2D eigenvalue weighted by atomic mass is 10.00. The Morgan fingerprint density at radius 1 is 1.32 bits per heavy atom. The average molecular weight is 299 g/mol. The molecule has 0 amide bonds. The molecule has 0 unspecified atom stereocenters. The lowest BCUT2D eigenvalue weighted by Crippen LogP contribution is -2.49. The smallest absolute Gasteiger partial charge is 0.266 e. The molecular formula is C16H21N5O. The van der Waals surface area contributed by atoms with Crippen molar-refractivity contribution < 1.29 is 0 Å². The van der Waals surface area contributed by atoms with Crippen molar-refractivity contribution in [1.29, 1.82) is 0 Å². The molecule has 1 N–H and O–H groups in total. The van der Waals surface area contributed by atoms with Crippen LogP contribution in [-0.4, -0.2) is 38.0 Å². The third-order valence-corrected chi connectivity index (χ3v) is 4.49. The van der Waals surface area contributed by atoms with Crippen LogP contribution in [0.2, 0.25) is 0 Å². The maximum absolute atomic E-state index is 11.9. The minimum Gasteiger partial charge on any atom is -0.297 e. The zero-order valence-corrected chi connectivity index (χ0v) is 12.8. The van der Waals surface area contributed by atoms with Gasteiger partial charge in [-0.25, -0.2) is 4.68 Å². The monoisotopic (exact) mass is 299 g/mol. The molecule has 1 aliphatic carbocycles. The highest BCUT2D eigenvalue weighted by Crippen LogP contribution is 2.38. The summed E-state index contributed by atoms with van der Waals surface area (Å²) in [6, 6.07) is 5.64. The summed E-state index contributed by atoms with van der Waals surface area (Å²) in [4.78, 5) is 14.3. The first-order valence-corrected chi connectivity index (χ1v) is 7.98. The number of hydrogen-bond acceptors (Lipinski definition) is 4. The molecule has 0 radical (unpaired) electrons. The van der Waals surface area contributed by atoms with Gasteiger partial charge in [0.05, 0.1) is 17.9 Å². The quantitative estimate of drug-likeness (QED) is 0.903. The van der Waals surface area contributed by atoms with Crippen LogP contribution in [0.3, 0.4) is 0 Å². The third kappa shape index (κ3) is 2.83. The van der Waals surface area contributed by atoms with Gasteiger partial charge in [0.2, 0.25) is 0 Å². The maximum atomic E-state index is 11.9. The van der Waals surface area contributed by atoms with Crippen molar-refractivity contribution in [2.75, 3.05) is 13.1 Å². The van der Waals surface area contributed by atoms with Crippen LogP contribution in [0, 0.1) is 12.8 Å². The minimum atomic E-state index is 0.0192. The van der Waals surface area contributed by atoms with E-state index in [2.05, 4.69) is 26.3 Å². The van der Waals surface area contributed by atoms with Gasteiger partial charge in [0.25, 0.3) is 5.56 Å². The summed E-state index contributed by atoms with van der Waals surface area (Å²) in [6.07, 6.45) is 2.43. The van der Waals surface area contributed by atoms with Crippen LogP contribution in [-0.2, 0) is 13.1 Å². The molecule has 1 saturated heterocycles. The van der Waals surface area contributed by atoms with Gasteiger partial charge in [0.15, 0.2) is 0 Å². The topological polar surface area (TPSA) is 66.8 Å². The van der Waals surface area contributed by atoms with E-state index in [1.54, 1.807) is 10.7 Å². The number of aryl methyl sites for hydroxylation is 1. The molecule has 2 fully saturated rings. The molecule has 0 aromatic carbocycles. The second kappa shape index (κ2) is 5.35. The van der Waals surface area contributed by atoms with Crippen molar-refractivity contribution in [3.8, 4) is 0 Å². The molecule has 4 rings (SSSR count). The Morgan fingerprint density at radius 3 is 2.82 bits per heavy atom. The highest BCUT2D eigenvalue weighted by molar-refractivity contribution is 5.12. The van der Waals surface area contributed by atoms with E-state index in [-0.39, 0.29) is 5.56 Å². The number of aromatic amines is 1. The largest absolute Gasteiger partial charge is 0.297 e. The third-order valence-electron chi connectivity index (χ3n) is 4.49. The van der Waals surface area contributed by atoms with Gasteiger partial charge in [-0.05, 0) is 31.9 Å². The molecule has 22 heavy (non-hydrogen) atoms. The maximum Gasteiger partial charge on any atom is 0.266 e. The molecule has 0 spiro atoms. The van der Waals surface area contributed by atoms with Crippen molar-refractivity contribution >= 4 is 0 Å². The van der Waals surface area contributed by atoms with Crippen molar-refractivity contribution in [1.82, 2.24) is 24.9 Å². The van der Waals surface area contributed by atoms with Crippen LogP contribution >= 0.6 is 0 Å². The molecule has 6 nitrogen and oxygen atoms in total. The molecule has 2 aromatic rings. The van der Waals surface area contributed by atoms with E-state index in [1.807, 2.05) is 13.0 Å². The fourth-order valence-electron chi connectivity index (χ4n) is 3.14. The number of nitrogens with zero attached hydrogens (tertiary/aromatic N) is 4. The summed E-state index contributed by atoms with van der Waals surface area (Å²) in [5, 5.41) is 11.8. The zero-order chi connectivity index (χ0) is 15.1. The Hall–Kier alpha value is -1.95. The van der Waals surface area contributed by atoms with Gasteiger partial charge in [-0.1, -0.05) is 0 Å². The van der Waals surface area contributed by atoms with Gasteiger partial charge in [0.1, 0.15) is 0 Å². The van der Waals surface area contributed by atoms with Crippen molar-refractivity contribution in [3.63, 3.8) is 0 Å². The van der Waals surface area contributed by atoms with E-state index >= 15 is 0 Å². The van der Waals surface area contributed by atoms with Crippen molar-refractivity contribution in [3.05, 3.63) is 45.6 Å². The number of H-pyrrole nitrogens is 1. The molecule has 2 aliphatic rings. The number of aromatic nitrogens is 4. The number of nitrogens with one attached hydrogen (secondary N) is 1. The molecule has 1 aliphatic heterocycles. The molecular weight excluding hydrogens is 278 g/mol. The highest BCUT2D eigenvalue weighted by Gasteiger charge is 2.29. The van der Waals surface area contributed by atoms with Crippen LogP contribution in [0.15, 0.2) is 23.0 Å². The van der Waals surface area contributed by atoms with E-state index in [0.29, 0.717) is 11.8 Å². The van der Waals surface area contributed by atoms with Crippen LogP contribution < -0.4 is 5.56 Å². The predicted octanol–water partition coefficient (Wildman–Crippen LogP) is 1.28. The lowest BCUT2D eigenvalue weighted by Gasteiger charge is -2.38. The summed E-state index contributed by atoms with van der Waals surface area (Å²) in [6.45, 7) is 5.64. The summed E-state index contributed by atoms with van der Waals surface area (Å²) >= 11 is 0. The van der Waals surface area contributed by atoms with Gasteiger partial charge in [-0.2, -0.15) is 10.2 Å². The molecule has 116 valence electrons. The number of rotatable bonds is 5. The first-order chi connectivity index (χ1) is 10.7. The SMILES string of the molecule is Cc1cc(CN2CC(Cn3nc(C4CC4)ccc3=O)C2)n[nH]1. The van der Waals surface area contributed by atoms with Crippen molar-refractivity contribution in [2.24, 2.45) is 5.92 Å². The van der Waals surface area contributed by atoms with Gasteiger partial charge >= 0.3 is 0 Å². The summed E-state index contributed by atoms with van der Waals surface area (Å²) in [5.74, 6) is 1.10. The Balaban J connectivity index is 1.34. The fraction of sp³-hybridized carbons (Fsp3) is 0.562. The lowest BCUT2D eigenvalue weighted by molar-refractivity contribution is 0.0752. The molecule has 0 atom stereocenters. The molecule has 2 aromatic heterocycles. The van der Waals surface area contributed by atoms with Crippen LogP contribution in [0.25, 0.3) is 0 Å². The summed E-state index contributed by atoms with van der Waals surface area (Å²) in [7, 11) is 0. The van der Waals surface area contributed by atoms with Gasteiger partial charge in [-0.15, -0.1) is 0 Å². The van der Waals surface area contributed by atoms with Gasteiger partial charge in [0, 0.05) is 43.2 Å². The molecule has 6 heteroatoms. The predicted molar refractivity (Wildman–Crippen MR) is 82.6 cm³/mol. The second-order valence-corrected chi connectivity index (χ2v) is 6.66. The minimum absolute atomic E-state index is 0.0192. The van der Waals surface area contributed by atoms with Gasteiger partial charge in [-0.3, -0.25) is 14.8 Å². The van der Waals surface area contributed by atoms with E-state index in [0.717, 1.165) is 43.3 Å². The molecule has 1 saturated carbocycles. The highest BCUT2D eigenvalue weighted by atomic mass is 16.1. The van der Waals surface area contributed by atoms with E-state index in [1.165, 1.54) is 12.8 Å². The number of likely N-dealkylation sites (tertiary alicyclic amines) is 1. The first kappa shape index (κ1) is 13.7.